The smallest absolute Gasteiger partial charge is 0.234 e. The summed E-state index contributed by atoms with van der Waals surface area (Å²) in [7, 11) is 0. The van der Waals surface area contributed by atoms with Gasteiger partial charge in [-0.2, -0.15) is 0 Å². The second-order valence-corrected chi connectivity index (χ2v) is 9.12. The molecule has 162 valence electrons. The van der Waals surface area contributed by atoms with Gasteiger partial charge in [0.2, 0.25) is 5.91 Å². The quantitative estimate of drug-likeness (QED) is 0.290. The van der Waals surface area contributed by atoms with Crippen molar-refractivity contribution < 1.29 is 4.79 Å². The highest BCUT2D eigenvalue weighted by atomic mass is 35.5. The van der Waals surface area contributed by atoms with Crippen LogP contribution in [0.25, 0.3) is 17.1 Å². The first-order valence-electron chi connectivity index (χ1n) is 9.57. The Morgan fingerprint density at radius 3 is 2.44 bits per heavy atom. The van der Waals surface area contributed by atoms with E-state index in [9.17, 15) is 4.79 Å². The third-order valence-electron chi connectivity index (χ3n) is 4.64. The number of anilines is 1. The largest absolute Gasteiger partial charge is 0.325 e. The molecule has 0 unspecified atom stereocenters. The maximum atomic E-state index is 12.6. The predicted molar refractivity (Wildman–Crippen MR) is 132 cm³/mol. The minimum atomic E-state index is -0.176. The molecule has 0 atom stereocenters. The zero-order chi connectivity index (χ0) is 22.7. The van der Waals surface area contributed by atoms with Gasteiger partial charge >= 0.3 is 0 Å². The number of aromatic nitrogens is 3. The third-order valence-corrected chi connectivity index (χ3v) is 6.38. The van der Waals surface area contributed by atoms with Crippen molar-refractivity contribution in [2.75, 3.05) is 11.1 Å². The molecule has 32 heavy (non-hydrogen) atoms. The van der Waals surface area contributed by atoms with Crippen LogP contribution in [0.5, 0.6) is 0 Å². The van der Waals surface area contributed by atoms with Gasteiger partial charge in [0.15, 0.2) is 11.0 Å². The number of halogens is 3. The van der Waals surface area contributed by atoms with Gasteiger partial charge in [-0.15, -0.1) is 10.2 Å². The molecule has 1 heterocycles. The van der Waals surface area contributed by atoms with Crippen LogP contribution in [0.1, 0.15) is 5.56 Å². The average molecular weight is 504 g/mol. The topological polar surface area (TPSA) is 59.8 Å². The van der Waals surface area contributed by atoms with Crippen LogP contribution >= 0.6 is 46.6 Å². The highest BCUT2D eigenvalue weighted by Crippen LogP contribution is 2.32. The predicted octanol–water partition coefficient (Wildman–Crippen LogP) is 6.93. The van der Waals surface area contributed by atoms with Crippen molar-refractivity contribution in [1.29, 1.82) is 0 Å². The first kappa shape index (κ1) is 22.7. The van der Waals surface area contributed by atoms with Gasteiger partial charge in [0.05, 0.1) is 10.8 Å². The molecule has 1 amide bonds. The molecular formula is C23H17Cl3N4OS. The number of benzene rings is 3. The summed E-state index contributed by atoms with van der Waals surface area (Å²) in [6, 6.07) is 20.1. The van der Waals surface area contributed by atoms with Crippen LogP contribution in [0.15, 0.2) is 71.9 Å². The molecule has 4 rings (SSSR count). The maximum Gasteiger partial charge on any atom is 0.234 e. The molecule has 0 aliphatic rings. The van der Waals surface area contributed by atoms with E-state index in [1.807, 2.05) is 47.9 Å². The lowest BCUT2D eigenvalue weighted by molar-refractivity contribution is -0.113. The fraction of sp³-hybridized carbons (Fsp3) is 0.0870. The minimum Gasteiger partial charge on any atom is -0.325 e. The number of carbonyl (C=O) groups is 1. The van der Waals surface area contributed by atoms with Crippen molar-refractivity contribution >= 4 is 58.2 Å². The Morgan fingerprint density at radius 1 is 0.969 bits per heavy atom. The van der Waals surface area contributed by atoms with Crippen molar-refractivity contribution in [3.63, 3.8) is 0 Å². The van der Waals surface area contributed by atoms with Gasteiger partial charge in [0, 0.05) is 27.0 Å². The van der Waals surface area contributed by atoms with Crippen LogP contribution in [0.3, 0.4) is 0 Å². The van der Waals surface area contributed by atoms with Crippen LogP contribution in [-0.4, -0.2) is 26.4 Å². The van der Waals surface area contributed by atoms with E-state index in [1.165, 1.54) is 11.8 Å². The summed E-state index contributed by atoms with van der Waals surface area (Å²) in [5.74, 6) is 0.539. The molecule has 9 heteroatoms. The molecule has 5 nitrogen and oxygen atoms in total. The molecule has 0 aliphatic carbocycles. The van der Waals surface area contributed by atoms with Gasteiger partial charge in [-0.05, 0) is 61.0 Å². The monoisotopic (exact) mass is 502 g/mol. The first-order chi connectivity index (χ1) is 15.4. The van der Waals surface area contributed by atoms with Crippen molar-refractivity contribution in [3.8, 4) is 17.1 Å². The van der Waals surface area contributed by atoms with E-state index < -0.39 is 0 Å². The van der Waals surface area contributed by atoms with Crippen LogP contribution in [-0.2, 0) is 4.79 Å². The van der Waals surface area contributed by atoms with E-state index in [4.69, 9.17) is 34.8 Å². The third kappa shape index (κ3) is 5.10. The summed E-state index contributed by atoms with van der Waals surface area (Å²) < 4.78 is 1.86. The summed E-state index contributed by atoms with van der Waals surface area (Å²) in [6.45, 7) is 1.91. The van der Waals surface area contributed by atoms with E-state index in [0.717, 1.165) is 16.8 Å². The lowest BCUT2D eigenvalue weighted by atomic mass is 10.2. The molecule has 4 aromatic rings. The molecule has 0 radical (unpaired) electrons. The molecule has 1 aromatic heterocycles. The molecule has 0 spiro atoms. The lowest BCUT2D eigenvalue weighted by Crippen LogP contribution is -2.15. The fourth-order valence-electron chi connectivity index (χ4n) is 3.05. The van der Waals surface area contributed by atoms with E-state index in [2.05, 4.69) is 15.5 Å². The summed E-state index contributed by atoms with van der Waals surface area (Å²) in [5, 5.41) is 13.9. The van der Waals surface area contributed by atoms with Crippen molar-refractivity contribution in [3.05, 3.63) is 87.4 Å². The van der Waals surface area contributed by atoms with E-state index in [1.54, 1.807) is 30.3 Å². The number of aryl methyl sites for hydroxylation is 1. The molecule has 0 aliphatic heterocycles. The number of thioether (sulfide) groups is 1. The van der Waals surface area contributed by atoms with Gasteiger partial charge in [0.1, 0.15) is 0 Å². The van der Waals surface area contributed by atoms with Gasteiger partial charge in [0.25, 0.3) is 0 Å². The second-order valence-electron chi connectivity index (χ2n) is 6.89. The molecule has 0 saturated carbocycles. The zero-order valence-electron chi connectivity index (χ0n) is 16.8. The Kier molecular flexibility index (Phi) is 7.06. The molecule has 0 bridgehead atoms. The van der Waals surface area contributed by atoms with Crippen LogP contribution in [0.4, 0.5) is 5.69 Å². The van der Waals surface area contributed by atoms with Crippen molar-refractivity contribution in [1.82, 2.24) is 14.8 Å². The van der Waals surface area contributed by atoms with Crippen LogP contribution in [0.2, 0.25) is 15.1 Å². The van der Waals surface area contributed by atoms with Gasteiger partial charge < -0.3 is 5.32 Å². The highest BCUT2D eigenvalue weighted by Gasteiger charge is 2.19. The Labute approximate surface area is 204 Å². The zero-order valence-corrected chi connectivity index (χ0v) is 19.9. The summed E-state index contributed by atoms with van der Waals surface area (Å²) in [5.41, 5.74) is 3.16. The second kappa shape index (κ2) is 9.96. The summed E-state index contributed by atoms with van der Waals surface area (Å²) in [4.78, 5) is 12.6. The molecule has 3 aromatic carbocycles. The van der Waals surface area contributed by atoms with Crippen molar-refractivity contribution in [2.45, 2.75) is 12.1 Å². The minimum absolute atomic E-state index is 0.139. The number of carbonyl (C=O) groups excluding carboxylic acids is 1. The number of rotatable bonds is 6. The van der Waals surface area contributed by atoms with Crippen molar-refractivity contribution in [2.24, 2.45) is 0 Å². The van der Waals surface area contributed by atoms with Crippen LogP contribution < -0.4 is 5.32 Å². The fourth-order valence-corrected chi connectivity index (χ4v) is 4.32. The summed E-state index contributed by atoms with van der Waals surface area (Å²) >= 11 is 19.8. The van der Waals surface area contributed by atoms with Gasteiger partial charge in [-0.25, -0.2) is 0 Å². The highest BCUT2D eigenvalue weighted by molar-refractivity contribution is 7.99. The Morgan fingerprint density at radius 2 is 1.69 bits per heavy atom. The lowest BCUT2D eigenvalue weighted by Gasteiger charge is -2.12. The van der Waals surface area contributed by atoms with E-state index in [0.29, 0.717) is 31.7 Å². The van der Waals surface area contributed by atoms with E-state index >= 15 is 0 Å². The Hall–Kier alpha value is -2.51. The molecular weight excluding hydrogens is 487 g/mol. The number of nitrogens with one attached hydrogen (secondary N) is 1. The molecule has 0 fully saturated rings. The number of nitrogens with zero attached hydrogens (tertiary/aromatic N) is 3. The number of hydrogen-bond donors (Lipinski definition) is 1. The average Bonchev–Trinajstić information content (AvgIpc) is 3.19. The Bertz CT molecular complexity index is 1270. The number of amides is 1. The number of hydrogen-bond acceptors (Lipinski definition) is 4. The first-order valence-corrected chi connectivity index (χ1v) is 11.7. The molecule has 1 N–H and O–H groups in total. The van der Waals surface area contributed by atoms with Gasteiger partial charge in [-0.1, -0.05) is 64.8 Å². The maximum absolute atomic E-state index is 12.6. The van der Waals surface area contributed by atoms with E-state index in [-0.39, 0.29) is 11.7 Å². The van der Waals surface area contributed by atoms with Crippen LogP contribution in [0, 0.1) is 6.92 Å². The Balaban J connectivity index is 1.62. The standard InChI is InChI=1S/C23H17Cl3N4OS/c1-14-6-7-16(25)12-20(14)27-21(31)13-32-23-29-28-22(18-4-2-3-5-19(18)26)30(23)17-10-8-15(24)9-11-17/h2-12H,13H2,1H3,(H,27,31). The summed E-state index contributed by atoms with van der Waals surface area (Å²) in [6.07, 6.45) is 0. The SMILES string of the molecule is Cc1ccc(Cl)cc1NC(=O)CSc1nnc(-c2ccccc2Cl)n1-c1ccc(Cl)cc1. The van der Waals surface area contributed by atoms with Gasteiger partial charge in [-0.3, -0.25) is 9.36 Å². The normalized spacial score (nSPS) is 10.9. The molecule has 0 saturated heterocycles.